The minimum absolute atomic E-state index is 0.193. The van der Waals surface area contributed by atoms with Crippen molar-refractivity contribution in [2.45, 2.75) is 24.2 Å². The van der Waals surface area contributed by atoms with Crippen molar-refractivity contribution in [1.29, 1.82) is 0 Å². The van der Waals surface area contributed by atoms with Gasteiger partial charge in [-0.3, -0.25) is 14.5 Å². The number of carbonyl (C=O) groups is 2. The van der Waals surface area contributed by atoms with Crippen LogP contribution in [0.25, 0.3) is 0 Å². The molecule has 3 nitrogen and oxygen atoms in total. The molecule has 1 heterocycles. The fraction of sp³-hybridized carbons (Fsp3) is 0.200. The minimum atomic E-state index is -0.193. The van der Waals surface area contributed by atoms with E-state index in [9.17, 15) is 9.59 Å². The van der Waals surface area contributed by atoms with Gasteiger partial charge in [-0.1, -0.05) is 53.7 Å². The molecule has 0 saturated heterocycles. The maximum atomic E-state index is 12.3. The van der Waals surface area contributed by atoms with Gasteiger partial charge in [-0.2, -0.15) is 0 Å². The van der Waals surface area contributed by atoms with Gasteiger partial charge >= 0.3 is 0 Å². The molecule has 0 unspecified atom stereocenters. The highest BCUT2D eigenvalue weighted by atomic mass is 35.5. The lowest BCUT2D eigenvalue weighted by Gasteiger charge is -2.13. The first kappa shape index (κ1) is 17.8. The molecule has 3 rings (SSSR count). The number of fused-ring (bicyclic) bond motifs is 1. The molecule has 0 spiro atoms. The first-order chi connectivity index (χ1) is 12.2. The lowest BCUT2D eigenvalue weighted by atomic mass is 10.1. The first-order valence-electron chi connectivity index (χ1n) is 8.18. The monoisotopic (exact) mass is 371 g/mol. The summed E-state index contributed by atoms with van der Waals surface area (Å²) in [5, 5.41) is 2.73. The number of halogens is 1. The SMILES string of the molecule is O=C1c2ccccc2C(=O)N1CCCC/C(Cl)=C\Sc1ccccc1. The molecule has 2 aromatic rings. The van der Waals surface area contributed by atoms with Crippen LogP contribution in [0, 0.1) is 0 Å². The van der Waals surface area contributed by atoms with Crippen molar-refractivity contribution in [3.8, 4) is 0 Å². The lowest BCUT2D eigenvalue weighted by Crippen LogP contribution is -2.30. The third-order valence-corrected chi connectivity index (χ3v) is 5.37. The summed E-state index contributed by atoms with van der Waals surface area (Å²) in [7, 11) is 0. The molecule has 0 atom stereocenters. The number of amides is 2. The second kappa shape index (κ2) is 8.37. The van der Waals surface area contributed by atoms with Crippen LogP contribution < -0.4 is 0 Å². The van der Waals surface area contributed by atoms with Crippen LogP contribution >= 0.6 is 23.4 Å². The molecule has 0 N–H and O–H groups in total. The van der Waals surface area contributed by atoms with Crippen LogP contribution in [0.4, 0.5) is 0 Å². The first-order valence-corrected chi connectivity index (χ1v) is 9.44. The van der Waals surface area contributed by atoms with E-state index in [1.54, 1.807) is 36.0 Å². The van der Waals surface area contributed by atoms with Crippen molar-refractivity contribution < 1.29 is 9.59 Å². The van der Waals surface area contributed by atoms with Gasteiger partial charge in [0, 0.05) is 16.5 Å². The van der Waals surface area contributed by atoms with Crippen molar-refractivity contribution in [3.05, 3.63) is 76.2 Å². The zero-order chi connectivity index (χ0) is 17.6. The van der Waals surface area contributed by atoms with E-state index < -0.39 is 0 Å². The normalized spacial score (nSPS) is 14.1. The number of hydrogen-bond acceptors (Lipinski definition) is 3. The molecule has 0 saturated carbocycles. The Bertz CT molecular complexity index is 769. The molecule has 0 radical (unpaired) electrons. The molecule has 0 bridgehead atoms. The smallest absolute Gasteiger partial charge is 0.261 e. The minimum Gasteiger partial charge on any atom is -0.274 e. The van der Waals surface area contributed by atoms with E-state index in [1.165, 1.54) is 4.90 Å². The van der Waals surface area contributed by atoms with Crippen LogP contribution in [-0.2, 0) is 0 Å². The Morgan fingerprint density at radius 2 is 1.52 bits per heavy atom. The van der Waals surface area contributed by atoms with Crippen molar-refractivity contribution in [2.75, 3.05) is 6.54 Å². The summed E-state index contributed by atoms with van der Waals surface area (Å²) in [5.74, 6) is -0.385. The van der Waals surface area contributed by atoms with Gasteiger partial charge in [-0.05, 0) is 48.9 Å². The summed E-state index contributed by atoms with van der Waals surface area (Å²) in [6.45, 7) is 0.433. The zero-order valence-corrected chi connectivity index (χ0v) is 15.2. The highest BCUT2D eigenvalue weighted by molar-refractivity contribution is 8.02. The van der Waals surface area contributed by atoms with Crippen molar-refractivity contribution in [3.63, 3.8) is 0 Å². The second-order valence-electron chi connectivity index (χ2n) is 5.76. The van der Waals surface area contributed by atoms with E-state index >= 15 is 0 Å². The van der Waals surface area contributed by atoms with Gasteiger partial charge in [-0.25, -0.2) is 0 Å². The predicted octanol–water partition coefficient (Wildman–Crippen LogP) is 5.33. The quantitative estimate of drug-likeness (QED) is 0.375. The van der Waals surface area contributed by atoms with Gasteiger partial charge < -0.3 is 0 Å². The predicted molar refractivity (Wildman–Crippen MR) is 102 cm³/mol. The molecule has 1 aliphatic rings. The lowest BCUT2D eigenvalue weighted by molar-refractivity contribution is 0.0652. The molecule has 25 heavy (non-hydrogen) atoms. The highest BCUT2D eigenvalue weighted by Crippen LogP contribution is 2.25. The van der Waals surface area contributed by atoms with Crippen molar-refractivity contribution in [1.82, 2.24) is 4.90 Å². The Morgan fingerprint density at radius 3 is 2.16 bits per heavy atom. The van der Waals surface area contributed by atoms with Crippen LogP contribution in [0.3, 0.4) is 0 Å². The number of hydrogen-bond donors (Lipinski definition) is 0. The van der Waals surface area contributed by atoms with E-state index in [2.05, 4.69) is 0 Å². The molecular formula is C20H18ClNO2S. The van der Waals surface area contributed by atoms with E-state index in [1.807, 2.05) is 35.7 Å². The largest absolute Gasteiger partial charge is 0.274 e. The topological polar surface area (TPSA) is 37.4 Å². The van der Waals surface area contributed by atoms with Crippen molar-refractivity contribution in [2.24, 2.45) is 0 Å². The summed E-state index contributed by atoms with van der Waals surface area (Å²) in [6, 6.07) is 17.0. The number of benzene rings is 2. The molecule has 0 aromatic heterocycles. The van der Waals surface area contributed by atoms with Crippen LogP contribution in [0.5, 0.6) is 0 Å². The molecule has 2 amide bonds. The van der Waals surface area contributed by atoms with Gasteiger partial charge in [0.1, 0.15) is 0 Å². The number of rotatable bonds is 7. The maximum Gasteiger partial charge on any atom is 0.261 e. The standard InChI is InChI=1S/C20H18ClNO2S/c21-15(14-25-16-9-2-1-3-10-16)8-6-7-13-22-19(23)17-11-4-5-12-18(17)20(22)24/h1-5,9-12,14H,6-8,13H2/b15-14+. The highest BCUT2D eigenvalue weighted by Gasteiger charge is 2.34. The maximum absolute atomic E-state index is 12.3. The summed E-state index contributed by atoms with van der Waals surface area (Å²) >= 11 is 7.84. The van der Waals surface area contributed by atoms with Gasteiger partial charge in [0.2, 0.25) is 0 Å². The summed E-state index contributed by atoms with van der Waals surface area (Å²) in [5.41, 5.74) is 1.01. The van der Waals surface area contributed by atoms with E-state index in [4.69, 9.17) is 11.6 Å². The molecule has 128 valence electrons. The van der Waals surface area contributed by atoms with Crippen LogP contribution in [0.15, 0.2) is 69.9 Å². The average molecular weight is 372 g/mol. The number of thioether (sulfide) groups is 1. The number of nitrogens with zero attached hydrogens (tertiary/aromatic N) is 1. The summed E-state index contributed by atoms with van der Waals surface area (Å²) < 4.78 is 0. The zero-order valence-electron chi connectivity index (χ0n) is 13.7. The summed E-state index contributed by atoms with van der Waals surface area (Å²) in [4.78, 5) is 27.0. The fourth-order valence-corrected chi connectivity index (χ4v) is 3.66. The molecule has 0 aliphatic carbocycles. The molecule has 5 heteroatoms. The number of carbonyl (C=O) groups excluding carboxylic acids is 2. The van der Waals surface area contributed by atoms with Crippen LogP contribution in [0.2, 0.25) is 0 Å². The Hall–Kier alpha value is -2.04. The van der Waals surface area contributed by atoms with E-state index in [0.717, 1.165) is 29.2 Å². The Morgan fingerprint density at radius 1 is 0.920 bits per heavy atom. The molecule has 0 fully saturated rings. The molecular weight excluding hydrogens is 354 g/mol. The Kier molecular flexibility index (Phi) is 5.95. The molecule has 1 aliphatic heterocycles. The number of unbranched alkanes of at least 4 members (excludes halogenated alkanes) is 1. The molecule has 2 aromatic carbocycles. The number of imide groups is 1. The van der Waals surface area contributed by atoms with E-state index in [0.29, 0.717) is 17.7 Å². The van der Waals surface area contributed by atoms with Gasteiger partial charge in [0.15, 0.2) is 0 Å². The van der Waals surface area contributed by atoms with E-state index in [-0.39, 0.29) is 11.8 Å². The summed E-state index contributed by atoms with van der Waals surface area (Å²) in [6.07, 6.45) is 2.31. The van der Waals surface area contributed by atoms with Crippen LogP contribution in [0.1, 0.15) is 40.0 Å². The van der Waals surface area contributed by atoms with Gasteiger partial charge in [0.05, 0.1) is 11.1 Å². The number of allylic oxidation sites excluding steroid dienone is 1. The average Bonchev–Trinajstić information content (AvgIpc) is 2.89. The van der Waals surface area contributed by atoms with Crippen molar-refractivity contribution >= 4 is 35.2 Å². The third kappa shape index (κ3) is 4.33. The fourth-order valence-electron chi connectivity index (χ4n) is 2.70. The van der Waals surface area contributed by atoms with Gasteiger partial charge in [0.25, 0.3) is 11.8 Å². The Balaban J connectivity index is 1.45. The third-order valence-electron chi connectivity index (χ3n) is 3.99. The Labute approximate surface area is 156 Å². The second-order valence-corrected chi connectivity index (χ2v) is 7.19. The van der Waals surface area contributed by atoms with Gasteiger partial charge in [-0.15, -0.1) is 0 Å². The van der Waals surface area contributed by atoms with Crippen LogP contribution in [-0.4, -0.2) is 23.3 Å².